The summed E-state index contributed by atoms with van der Waals surface area (Å²) < 4.78 is 30.5. The van der Waals surface area contributed by atoms with Gasteiger partial charge >= 0.3 is 10.3 Å². The Kier molecular flexibility index (Phi) is 4.29. The highest BCUT2D eigenvalue weighted by Crippen LogP contribution is 2.20. The van der Waals surface area contributed by atoms with E-state index in [9.17, 15) is 18.5 Å². The molecule has 2 rings (SSSR count). The zero-order valence-corrected chi connectivity index (χ0v) is 12.0. The van der Waals surface area contributed by atoms with E-state index < -0.39 is 15.2 Å². The van der Waals surface area contributed by atoms with E-state index >= 15 is 0 Å². The number of nitro benzene ring substituents is 1. The Bertz CT molecular complexity index is 744. The summed E-state index contributed by atoms with van der Waals surface area (Å²) in [7, 11) is -4.10. The number of nitrogens with one attached hydrogen (secondary N) is 1. The lowest BCUT2D eigenvalue weighted by atomic mass is 10.3. The quantitative estimate of drug-likeness (QED) is 0.672. The average Bonchev–Trinajstić information content (AvgIpc) is 2.41. The third-order valence-corrected chi connectivity index (χ3v) is 3.49. The highest BCUT2D eigenvalue weighted by atomic mass is 35.5. The molecule has 0 saturated carbocycles. The number of non-ortho nitro benzene ring substituents is 1. The summed E-state index contributed by atoms with van der Waals surface area (Å²) in [6.45, 7) is 0. The van der Waals surface area contributed by atoms with Crippen LogP contribution in [-0.2, 0) is 10.3 Å². The second kappa shape index (κ2) is 5.98. The fourth-order valence-corrected chi connectivity index (χ4v) is 2.39. The van der Waals surface area contributed by atoms with Crippen molar-refractivity contribution in [3.8, 4) is 5.75 Å². The highest BCUT2D eigenvalue weighted by molar-refractivity contribution is 7.88. The van der Waals surface area contributed by atoms with Gasteiger partial charge in [-0.1, -0.05) is 11.6 Å². The molecule has 0 aliphatic heterocycles. The van der Waals surface area contributed by atoms with Crippen LogP contribution in [-0.4, -0.2) is 13.3 Å². The SMILES string of the molecule is O=[N+]([O-])c1ccc(OS(=O)(=O)Nc2ccc(Cl)cc2)cc1. The minimum Gasteiger partial charge on any atom is -0.367 e. The molecule has 0 aromatic heterocycles. The van der Waals surface area contributed by atoms with Crippen LogP contribution in [0.5, 0.6) is 5.75 Å². The van der Waals surface area contributed by atoms with Crippen molar-refractivity contribution in [2.75, 3.05) is 4.72 Å². The zero-order valence-electron chi connectivity index (χ0n) is 10.4. The first-order valence-corrected chi connectivity index (χ1v) is 7.36. The highest BCUT2D eigenvalue weighted by Gasteiger charge is 2.14. The number of benzene rings is 2. The monoisotopic (exact) mass is 328 g/mol. The Labute approximate surface area is 125 Å². The first-order chi connectivity index (χ1) is 9.85. The summed E-state index contributed by atoms with van der Waals surface area (Å²) >= 11 is 5.69. The number of nitro groups is 1. The maximum absolute atomic E-state index is 11.8. The molecule has 0 bridgehead atoms. The lowest BCUT2D eigenvalue weighted by Gasteiger charge is -2.09. The van der Waals surface area contributed by atoms with Crippen LogP contribution in [0.2, 0.25) is 5.02 Å². The van der Waals surface area contributed by atoms with Gasteiger partial charge in [0.1, 0.15) is 5.75 Å². The van der Waals surface area contributed by atoms with Gasteiger partial charge in [0.2, 0.25) is 0 Å². The van der Waals surface area contributed by atoms with Crippen LogP contribution in [0.3, 0.4) is 0 Å². The first kappa shape index (κ1) is 15.1. The minimum atomic E-state index is -4.10. The molecule has 7 nitrogen and oxygen atoms in total. The van der Waals surface area contributed by atoms with Crippen LogP contribution in [0, 0.1) is 10.1 Å². The predicted molar refractivity (Wildman–Crippen MR) is 77.7 cm³/mol. The molecule has 0 aliphatic rings. The van der Waals surface area contributed by atoms with Crippen molar-refractivity contribution < 1.29 is 17.5 Å². The molecule has 21 heavy (non-hydrogen) atoms. The van der Waals surface area contributed by atoms with E-state index in [1.165, 1.54) is 36.4 Å². The van der Waals surface area contributed by atoms with Crippen molar-refractivity contribution in [2.24, 2.45) is 0 Å². The van der Waals surface area contributed by atoms with Crippen molar-refractivity contribution >= 4 is 33.3 Å². The standard InChI is InChI=1S/C12H9ClN2O5S/c13-9-1-3-10(4-2-9)14-21(18,19)20-12-7-5-11(6-8-12)15(16)17/h1-8,14H. The Morgan fingerprint density at radius 3 is 2.14 bits per heavy atom. The predicted octanol–water partition coefficient (Wildman–Crippen LogP) is 2.98. The van der Waals surface area contributed by atoms with Gasteiger partial charge in [0.25, 0.3) is 5.69 Å². The number of anilines is 1. The summed E-state index contributed by atoms with van der Waals surface area (Å²) in [5, 5.41) is 11.0. The second-order valence-electron chi connectivity index (χ2n) is 3.90. The topological polar surface area (TPSA) is 98.5 Å². The van der Waals surface area contributed by atoms with Gasteiger partial charge in [-0.2, -0.15) is 8.42 Å². The fourth-order valence-electron chi connectivity index (χ4n) is 1.43. The molecule has 0 spiro atoms. The van der Waals surface area contributed by atoms with Crippen LogP contribution in [0.15, 0.2) is 48.5 Å². The average molecular weight is 329 g/mol. The number of nitrogens with zero attached hydrogens (tertiary/aromatic N) is 1. The van der Waals surface area contributed by atoms with Crippen LogP contribution < -0.4 is 8.91 Å². The van der Waals surface area contributed by atoms with Gasteiger partial charge in [0, 0.05) is 17.2 Å². The molecular weight excluding hydrogens is 320 g/mol. The van der Waals surface area contributed by atoms with Gasteiger partial charge in [-0.05, 0) is 36.4 Å². The molecule has 0 heterocycles. The molecule has 1 N–H and O–H groups in total. The van der Waals surface area contributed by atoms with Crippen molar-refractivity contribution in [2.45, 2.75) is 0 Å². The third kappa shape index (κ3) is 4.33. The van der Waals surface area contributed by atoms with Crippen LogP contribution in [0.4, 0.5) is 11.4 Å². The minimum absolute atomic E-state index is 0.0398. The third-order valence-electron chi connectivity index (χ3n) is 2.34. The Morgan fingerprint density at radius 1 is 1.05 bits per heavy atom. The molecule has 0 saturated heterocycles. The fraction of sp³-hybridized carbons (Fsp3) is 0. The summed E-state index contributed by atoms with van der Waals surface area (Å²) in [5.74, 6) is -0.0398. The lowest BCUT2D eigenvalue weighted by Crippen LogP contribution is -2.19. The molecule has 2 aromatic carbocycles. The van der Waals surface area contributed by atoms with E-state index in [2.05, 4.69) is 4.72 Å². The molecule has 0 radical (unpaired) electrons. The Hall–Kier alpha value is -2.32. The van der Waals surface area contributed by atoms with Gasteiger partial charge in [-0.25, -0.2) is 0 Å². The van der Waals surface area contributed by atoms with E-state index in [1.807, 2.05) is 0 Å². The summed E-state index contributed by atoms with van der Waals surface area (Å²) in [5.41, 5.74) is 0.117. The van der Waals surface area contributed by atoms with E-state index in [0.717, 1.165) is 12.1 Å². The molecule has 0 aliphatic carbocycles. The molecule has 0 unspecified atom stereocenters. The van der Waals surface area contributed by atoms with Crippen molar-refractivity contribution in [1.29, 1.82) is 0 Å². The van der Waals surface area contributed by atoms with E-state index in [-0.39, 0.29) is 17.1 Å². The smallest absolute Gasteiger partial charge is 0.367 e. The largest absolute Gasteiger partial charge is 0.407 e. The molecule has 0 atom stereocenters. The van der Waals surface area contributed by atoms with E-state index in [4.69, 9.17) is 15.8 Å². The molecule has 0 amide bonds. The maximum Gasteiger partial charge on any atom is 0.407 e. The Morgan fingerprint density at radius 2 is 1.62 bits per heavy atom. The zero-order chi connectivity index (χ0) is 15.5. The normalized spacial score (nSPS) is 10.9. The van der Waals surface area contributed by atoms with Gasteiger partial charge in [-0.3, -0.25) is 14.8 Å². The number of rotatable bonds is 5. The van der Waals surface area contributed by atoms with Crippen LogP contribution in [0.1, 0.15) is 0 Å². The van der Waals surface area contributed by atoms with Crippen molar-refractivity contribution in [1.82, 2.24) is 0 Å². The van der Waals surface area contributed by atoms with Crippen molar-refractivity contribution in [3.63, 3.8) is 0 Å². The lowest BCUT2D eigenvalue weighted by molar-refractivity contribution is -0.384. The number of halogens is 1. The van der Waals surface area contributed by atoms with Crippen LogP contribution >= 0.6 is 11.6 Å². The summed E-state index contributed by atoms with van der Waals surface area (Å²) in [6, 6.07) is 10.7. The molecule has 2 aromatic rings. The van der Waals surface area contributed by atoms with E-state index in [1.54, 1.807) is 0 Å². The summed E-state index contributed by atoms with van der Waals surface area (Å²) in [4.78, 5) is 9.90. The number of hydrogen-bond acceptors (Lipinski definition) is 5. The van der Waals surface area contributed by atoms with E-state index in [0.29, 0.717) is 5.02 Å². The Balaban J connectivity index is 2.10. The van der Waals surface area contributed by atoms with Gasteiger partial charge in [0.15, 0.2) is 0 Å². The van der Waals surface area contributed by atoms with Gasteiger partial charge in [0.05, 0.1) is 10.6 Å². The van der Waals surface area contributed by atoms with Crippen LogP contribution in [0.25, 0.3) is 0 Å². The first-order valence-electron chi connectivity index (χ1n) is 5.58. The van der Waals surface area contributed by atoms with Gasteiger partial charge in [-0.15, -0.1) is 0 Å². The summed E-state index contributed by atoms with van der Waals surface area (Å²) in [6.07, 6.45) is 0. The van der Waals surface area contributed by atoms with Gasteiger partial charge < -0.3 is 4.18 Å². The molecule has 0 fully saturated rings. The molecule has 9 heteroatoms. The molecular formula is C12H9ClN2O5S. The second-order valence-corrected chi connectivity index (χ2v) is 5.61. The maximum atomic E-state index is 11.8. The number of hydrogen-bond donors (Lipinski definition) is 1. The van der Waals surface area contributed by atoms with Crippen molar-refractivity contribution in [3.05, 3.63) is 63.7 Å². The molecule has 110 valence electrons.